The van der Waals surface area contributed by atoms with E-state index in [0.717, 1.165) is 5.57 Å². The standard InChI is InChI=1S/C12H22O/c1-9(2)12(3,4)11(13)10-7-5-6-8-10/h10-11,13H,1,5-8H2,2-4H3. The molecule has 0 radical (unpaired) electrons. The van der Waals surface area contributed by atoms with Gasteiger partial charge in [-0.1, -0.05) is 38.8 Å². The third kappa shape index (κ3) is 2.14. The molecule has 1 fully saturated rings. The Morgan fingerprint density at radius 1 is 1.38 bits per heavy atom. The van der Waals surface area contributed by atoms with E-state index >= 15 is 0 Å². The van der Waals surface area contributed by atoms with Gasteiger partial charge >= 0.3 is 0 Å². The number of hydrogen-bond donors (Lipinski definition) is 1. The first-order valence-electron chi connectivity index (χ1n) is 5.30. The molecule has 1 rings (SSSR count). The highest BCUT2D eigenvalue weighted by Gasteiger charge is 2.35. The van der Waals surface area contributed by atoms with Crippen LogP contribution in [0.2, 0.25) is 0 Å². The molecule has 0 aliphatic heterocycles. The summed E-state index contributed by atoms with van der Waals surface area (Å²) in [6, 6.07) is 0. The van der Waals surface area contributed by atoms with E-state index in [1.807, 2.05) is 6.92 Å². The van der Waals surface area contributed by atoms with Gasteiger partial charge in [-0.3, -0.25) is 0 Å². The van der Waals surface area contributed by atoms with Gasteiger partial charge in [0, 0.05) is 5.41 Å². The Labute approximate surface area is 81.9 Å². The lowest BCUT2D eigenvalue weighted by Gasteiger charge is -2.35. The molecule has 1 unspecified atom stereocenters. The van der Waals surface area contributed by atoms with Gasteiger partial charge in [-0.25, -0.2) is 0 Å². The smallest absolute Gasteiger partial charge is 0.0656 e. The molecule has 76 valence electrons. The highest BCUT2D eigenvalue weighted by atomic mass is 16.3. The van der Waals surface area contributed by atoms with Crippen LogP contribution in [0.5, 0.6) is 0 Å². The molecule has 0 amide bonds. The minimum Gasteiger partial charge on any atom is -0.392 e. The third-order valence-electron chi connectivity index (χ3n) is 3.69. The van der Waals surface area contributed by atoms with E-state index in [4.69, 9.17) is 0 Å². The van der Waals surface area contributed by atoms with Crippen LogP contribution in [0.25, 0.3) is 0 Å². The Morgan fingerprint density at radius 3 is 2.23 bits per heavy atom. The average Bonchev–Trinajstić information content (AvgIpc) is 2.54. The van der Waals surface area contributed by atoms with E-state index in [1.165, 1.54) is 25.7 Å². The first-order chi connectivity index (χ1) is 5.96. The summed E-state index contributed by atoms with van der Waals surface area (Å²) in [5.41, 5.74) is 0.974. The van der Waals surface area contributed by atoms with E-state index in [-0.39, 0.29) is 11.5 Å². The van der Waals surface area contributed by atoms with Crippen molar-refractivity contribution in [2.45, 2.75) is 52.6 Å². The van der Waals surface area contributed by atoms with E-state index in [2.05, 4.69) is 20.4 Å². The summed E-state index contributed by atoms with van der Waals surface area (Å²) in [4.78, 5) is 0. The van der Waals surface area contributed by atoms with E-state index in [1.54, 1.807) is 0 Å². The maximum atomic E-state index is 10.2. The predicted octanol–water partition coefficient (Wildman–Crippen LogP) is 3.14. The Bertz CT molecular complexity index is 187. The van der Waals surface area contributed by atoms with Crippen LogP contribution in [-0.2, 0) is 0 Å². The molecule has 0 saturated heterocycles. The molecular formula is C12H22O. The van der Waals surface area contributed by atoms with Crippen LogP contribution < -0.4 is 0 Å². The highest BCUT2D eigenvalue weighted by Crippen LogP contribution is 2.39. The molecule has 0 bridgehead atoms. The van der Waals surface area contributed by atoms with Crippen molar-refractivity contribution in [3.8, 4) is 0 Å². The van der Waals surface area contributed by atoms with Gasteiger partial charge in [-0.15, -0.1) is 0 Å². The molecule has 0 aromatic rings. The third-order valence-corrected chi connectivity index (χ3v) is 3.69. The zero-order valence-electron chi connectivity index (χ0n) is 9.14. The summed E-state index contributed by atoms with van der Waals surface area (Å²) >= 11 is 0. The SMILES string of the molecule is C=C(C)C(C)(C)C(O)C1CCCC1. The second-order valence-electron chi connectivity index (χ2n) is 4.99. The molecule has 1 heteroatoms. The molecule has 1 saturated carbocycles. The summed E-state index contributed by atoms with van der Waals surface area (Å²) in [6.45, 7) is 10.2. The monoisotopic (exact) mass is 182 g/mol. The van der Waals surface area contributed by atoms with Gasteiger partial charge in [0.1, 0.15) is 0 Å². The van der Waals surface area contributed by atoms with E-state index in [9.17, 15) is 5.11 Å². The highest BCUT2D eigenvalue weighted by molar-refractivity contribution is 5.08. The molecule has 1 aliphatic rings. The zero-order chi connectivity index (χ0) is 10.1. The van der Waals surface area contributed by atoms with Crippen molar-refractivity contribution < 1.29 is 5.11 Å². The van der Waals surface area contributed by atoms with Crippen molar-refractivity contribution in [1.29, 1.82) is 0 Å². The molecular weight excluding hydrogens is 160 g/mol. The normalized spacial score (nSPS) is 21.8. The Balaban J connectivity index is 2.64. The van der Waals surface area contributed by atoms with Gasteiger partial charge in [0.2, 0.25) is 0 Å². The largest absolute Gasteiger partial charge is 0.392 e. The topological polar surface area (TPSA) is 20.2 Å². The molecule has 0 aromatic carbocycles. The maximum Gasteiger partial charge on any atom is 0.0656 e. The molecule has 1 atom stereocenters. The number of aliphatic hydroxyl groups excluding tert-OH is 1. The van der Waals surface area contributed by atoms with Gasteiger partial charge in [-0.2, -0.15) is 0 Å². The fraction of sp³-hybridized carbons (Fsp3) is 0.833. The molecule has 0 aromatic heterocycles. The van der Waals surface area contributed by atoms with Crippen molar-refractivity contribution in [2.24, 2.45) is 11.3 Å². The number of aliphatic hydroxyl groups is 1. The zero-order valence-corrected chi connectivity index (χ0v) is 9.14. The van der Waals surface area contributed by atoms with Crippen LogP contribution in [0.4, 0.5) is 0 Å². The van der Waals surface area contributed by atoms with Crippen LogP contribution in [0.15, 0.2) is 12.2 Å². The van der Waals surface area contributed by atoms with Gasteiger partial charge in [-0.05, 0) is 25.7 Å². The van der Waals surface area contributed by atoms with E-state index in [0.29, 0.717) is 5.92 Å². The summed E-state index contributed by atoms with van der Waals surface area (Å²) in [5, 5.41) is 10.2. The van der Waals surface area contributed by atoms with Gasteiger partial charge in [0.25, 0.3) is 0 Å². The van der Waals surface area contributed by atoms with Gasteiger partial charge < -0.3 is 5.11 Å². The number of rotatable bonds is 3. The Kier molecular flexibility index (Phi) is 3.18. The summed E-state index contributed by atoms with van der Waals surface area (Å²) in [6.07, 6.45) is 4.75. The second-order valence-corrected chi connectivity index (χ2v) is 4.99. The van der Waals surface area contributed by atoms with Crippen molar-refractivity contribution in [3.63, 3.8) is 0 Å². The first-order valence-corrected chi connectivity index (χ1v) is 5.30. The maximum absolute atomic E-state index is 10.2. The lowest BCUT2D eigenvalue weighted by molar-refractivity contribution is 0.0241. The average molecular weight is 182 g/mol. The Hall–Kier alpha value is -0.300. The van der Waals surface area contributed by atoms with Crippen molar-refractivity contribution in [3.05, 3.63) is 12.2 Å². The fourth-order valence-electron chi connectivity index (χ4n) is 2.11. The molecule has 13 heavy (non-hydrogen) atoms. The fourth-order valence-corrected chi connectivity index (χ4v) is 2.11. The van der Waals surface area contributed by atoms with Crippen molar-refractivity contribution in [1.82, 2.24) is 0 Å². The lowest BCUT2D eigenvalue weighted by Crippen LogP contribution is -2.35. The predicted molar refractivity (Wildman–Crippen MR) is 56.6 cm³/mol. The van der Waals surface area contributed by atoms with Crippen LogP contribution in [0, 0.1) is 11.3 Å². The molecule has 1 aliphatic carbocycles. The van der Waals surface area contributed by atoms with Crippen LogP contribution >= 0.6 is 0 Å². The quantitative estimate of drug-likeness (QED) is 0.665. The molecule has 0 spiro atoms. The molecule has 1 N–H and O–H groups in total. The first kappa shape index (κ1) is 10.8. The number of hydrogen-bond acceptors (Lipinski definition) is 1. The van der Waals surface area contributed by atoms with Crippen molar-refractivity contribution in [2.75, 3.05) is 0 Å². The summed E-state index contributed by atoms with van der Waals surface area (Å²) in [5.74, 6) is 0.506. The summed E-state index contributed by atoms with van der Waals surface area (Å²) < 4.78 is 0. The van der Waals surface area contributed by atoms with Crippen LogP contribution in [0.1, 0.15) is 46.5 Å². The molecule has 0 heterocycles. The van der Waals surface area contributed by atoms with Gasteiger partial charge in [0.05, 0.1) is 6.10 Å². The van der Waals surface area contributed by atoms with E-state index < -0.39 is 0 Å². The van der Waals surface area contributed by atoms with Crippen LogP contribution in [0.3, 0.4) is 0 Å². The van der Waals surface area contributed by atoms with Gasteiger partial charge in [0.15, 0.2) is 0 Å². The minimum absolute atomic E-state index is 0.116. The summed E-state index contributed by atoms with van der Waals surface area (Å²) in [7, 11) is 0. The second kappa shape index (κ2) is 3.83. The minimum atomic E-state index is -0.201. The molecule has 1 nitrogen and oxygen atoms in total. The Morgan fingerprint density at radius 2 is 1.85 bits per heavy atom. The lowest BCUT2D eigenvalue weighted by atomic mass is 9.74. The van der Waals surface area contributed by atoms with Crippen LogP contribution in [-0.4, -0.2) is 11.2 Å². The van der Waals surface area contributed by atoms with Crippen molar-refractivity contribution >= 4 is 0 Å².